The van der Waals surface area contributed by atoms with Gasteiger partial charge in [0.2, 0.25) is 5.91 Å². The summed E-state index contributed by atoms with van der Waals surface area (Å²) in [7, 11) is 1.55. The van der Waals surface area contributed by atoms with Gasteiger partial charge in [0.25, 0.3) is 0 Å². The average Bonchev–Trinajstić information content (AvgIpc) is 2.30. The highest BCUT2D eigenvalue weighted by Gasteiger charge is 2.13. The Morgan fingerprint density at radius 1 is 1.62 bits per heavy atom. The summed E-state index contributed by atoms with van der Waals surface area (Å²) in [4.78, 5) is 11.5. The number of rotatable bonds is 3. The van der Waals surface area contributed by atoms with Crippen LogP contribution in [0.4, 0.5) is 5.69 Å². The van der Waals surface area contributed by atoms with Crippen LogP contribution in [0.3, 0.4) is 0 Å². The molecular formula is C11H11BrN2O2. The molecule has 1 rings (SSSR count). The van der Waals surface area contributed by atoms with E-state index in [-0.39, 0.29) is 5.91 Å². The Kier molecular flexibility index (Phi) is 4.32. The lowest BCUT2D eigenvalue weighted by atomic mass is 10.2. The van der Waals surface area contributed by atoms with Crippen LogP contribution in [0.2, 0.25) is 0 Å². The van der Waals surface area contributed by atoms with Crippen LogP contribution in [-0.2, 0) is 4.79 Å². The molecule has 1 amide bonds. The van der Waals surface area contributed by atoms with E-state index in [1.165, 1.54) is 0 Å². The maximum absolute atomic E-state index is 11.5. The van der Waals surface area contributed by atoms with Crippen molar-refractivity contribution in [1.29, 1.82) is 5.26 Å². The van der Waals surface area contributed by atoms with E-state index in [4.69, 9.17) is 10.00 Å². The quantitative estimate of drug-likeness (QED) is 0.927. The predicted octanol–water partition coefficient (Wildman–Crippen LogP) is 2.56. The smallest absolute Gasteiger partial charge is 0.241 e. The summed E-state index contributed by atoms with van der Waals surface area (Å²) in [6.07, 6.45) is 0. The minimum atomic E-state index is -0.682. The Bertz CT molecular complexity index is 440. The van der Waals surface area contributed by atoms with Crippen molar-refractivity contribution < 1.29 is 9.53 Å². The highest BCUT2D eigenvalue weighted by molar-refractivity contribution is 9.10. The molecule has 0 spiro atoms. The van der Waals surface area contributed by atoms with Crippen LogP contribution in [0.25, 0.3) is 0 Å². The number of amides is 1. The van der Waals surface area contributed by atoms with Crippen molar-refractivity contribution in [2.24, 2.45) is 5.92 Å². The fourth-order valence-corrected chi connectivity index (χ4v) is 1.37. The second-order valence-corrected chi connectivity index (χ2v) is 4.04. The van der Waals surface area contributed by atoms with Crippen LogP contribution >= 0.6 is 15.9 Å². The zero-order valence-corrected chi connectivity index (χ0v) is 10.5. The molecule has 0 heterocycles. The van der Waals surface area contributed by atoms with Crippen LogP contribution in [0, 0.1) is 17.2 Å². The van der Waals surface area contributed by atoms with Gasteiger partial charge >= 0.3 is 0 Å². The lowest BCUT2D eigenvalue weighted by Crippen LogP contribution is -2.19. The van der Waals surface area contributed by atoms with Gasteiger partial charge in [-0.25, -0.2) is 0 Å². The van der Waals surface area contributed by atoms with Gasteiger partial charge in [-0.15, -0.1) is 0 Å². The third-order valence-electron chi connectivity index (χ3n) is 2.02. The van der Waals surface area contributed by atoms with Crippen molar-refractivity contribution in [2.75, 3.05) is 12.4 Å². The third kappa shape index (κ3) is 2.97. The Hall–Kier alpha value is -1.54. The van der Waals surface area contributed by atoms with Gasteiger partial charge in [-0.1, -0.05) is 0 Å². The van der Waals surface area contributed by atoms with E-state index in [0.29, 0.717) is 11.4 Å². The Labute approximate surface area is 102 Å². The van der Waals surface area contributed by atoms with Crippen molar-refractivity contribution in [1.82, 2.24) is 0 Å². The highest BCUT2D eigenvalue weighted by Crippen LogP contribution is 2.27. The molecule has 1 unspecified atom stereocenters. The van der Waals surface area contributed by atoms with Crippen molar-refractivity contribution in [2.45, 2.75) is 6.92 Å². The number of carbonyl (C=O) groups is 1. The van der Waals surface area contributed by atoms with E-state index in [9.17, 15) is 4.79 Å². The summed E-state index contributed by atoms with van der Waals surface area (Å²) in [6, 6.07) is 7.10. The first-order valence-corrected chi connectivity index (χ1v) is 5.41. The summed E-state index contributed by atoms with van der Waals surface area (Å²) in [5, 5.41) is 11.3. The molecule has 4 nitrogen and oxygen atoms in total. The van der Waals surface area contributed by atoms with Crippen LogP contribution in [-0.4, -0.2) is 13.0 Å². The lowest BCUT2D eigenvalue weighted by Gasteiger charge is -2.09. The summed E-state index contributed by atoms with van der Waals surface area (Å²) >= 11 is 3.31. The van der Waals surface area contributed by atoms with Gasteiger partial charge in [0.05, 0.1) is 18.9 Å². The number of benzene rings is 1. The fourth-order valence-electron chi connectivity index (χ4n) is 1.03. The molecule has 0 fully saturated rings. The number of hydrogen-bond acceptors (Lipinski definition) is 3. The number of hydrogen-bond donors (Lipinski definition) is 1. The monoisotopic (exact) mass is 282 g/mol. The summed E-state index contributed by atoms with van der Waals surface area (Å²) in [6.45, 7) is 1.55. The second-order valence-electron chi connectivity index (χ2n) is 3.19. The molecule has 0 aromatic heterocycles. The van der Waals surface area contributed by atoms with Crippen LogP contribution < -0.4 is 10.1 Å². The van der Waals surface area contributed by atoms with Crippen molar-refractivity contribution in [3.63, 3.8) is 0 Å². The van der Waals surface area contributed by atoms with E-state index in [2.05, 4.69) is 21.2 Å². The lowest BCUT2D eigenvalue weighted by molar-refractivity contribution is -0.117. The topological polar surface area (TPSA) is 62.1 Å². The number of methoxy groups -OCH3 is 1. The standard InChI is InChI=1S/C11H11BrN2O2/c1-7(6-13)11(15)14-10-5-8(16-2)3-4-9(10)12/h3-5,7H,1-2H3,(H,14,15). The van der Waals surface area contributed by atoms with Gasteiger partial charge < -0.3 is 10.1 Å². The van der Waals surface area contributed by atoms with Gasteiger partial charge in [0.15, 0.2) is 0 Å². The SMILES string of the molecule is COc1ccc(Br)c(NC(=O)C(C)C#N)c1. The molecule has 1 aromatic carbocycles. The molecule has 0 aliphatic rings. The molecule has 0 aliphatic heterocycles. The molecule has 0 saturated carbocycles. The van der Waals surface area contributed by atoms with Crippen molar-refractivity contribution >= 4 is 27.5 Å². The summed E-state index contributed by atoms with van der Waals surface area (Å²) in [5.74, 6) is -0.377. The molecule has 0 bridgehead atoms. The van der Waals surface area contributed by atoms with E-state index < -0.39 is 5.92 Å². The Balaban J connectivity index is 2.89. The average molecular weight is 283 g/mol. The number of nitrogens with one attached hydrogen (secondary N) is 1. The number of anilines is 1. The van der Waals surface area contributed by atoms with E-state index in [1.807, 2.05) is 6.07 Å². The molecule has 84 valence electrons. The minimum Gasteiger partial charge on any atom is -0.497 e. The number of ether oxygens (including phenoxy) is 1. The molecule has 1 N–H and O–H groups in total. The third-order valence-corrected chi connectivity index (χ3v) is 2.71. The fraction of sp³-hybridized carbons (Fsp3) is 0.273. The second kappa shape index (κ2) is 5.52. The first kappa shape index (κ1) is 12.5. The Morgan fingerprint density at radius 2 is 2.31 bits per heavy atom. The van der Waals surface area contributed by atoms with Gasteiger partial charge in [-0.3, -0.25) is 4.79 Å². The van der Waals surface area contributed by atoms with Crippen molar-refractivity contribution in [3.05, 3.63) is 22.7 Å². The zero-order valence-electron chi connectivity index (χ0n) is 8.95. The normalized spacial score (nSPS) is 11.4. The van der Waals surface area contributed by atoms with Crippen LogP contribution in [0.1, 0.15) is 6.92 Å². The molecule has 1 aromatic rings. The maximum Gasteiger partial charge on any atom is 0.241 e. The maximum atomic E-state index is 11.5. The first-order chi connectivity index (χ1) is 7.58. The molecule has 0 aliphatic carbocycles. The predicted molar refractivity (Wildman–Crippen MR) is 64.1 cm³/mol. The van der Waals surface area contributed by atoms with Crippen molar-refractivity contribution in [3.8, 4) is 11.8 Å². The minimum absolute atomic E-state index is 0.337. The number of nitriles is 1. The van der Waals surface area contributed by atoms with E-state index in [1.54, 1.807) is 32.2 Å². The largest absolute Gasteiger partial charge is 0.497 e. The summed E-state index contributed by atoms with van der Waals surface area (Å²) < 4.78 is 5.78. The molecule has 16 heavy (non-hydrogen) atoms. The Morgan fingerprint density at radius 3 is 2.88 bits per heavy atom. The zero-order chi connectivity index (χ0) is 12.1. The van der Waals surface area contributed by atoms with Crippen LogP contribution in [0.5, 0.6) is 5.75 Å². The molecule has 0 radical (unpaired) electrons. The van der Waals surface area contributed by atoms with Crippen LogP contribution in [0.15, 0.2) is 22.7 Å². The molecule has 5 heteroatoms. The number of nitrogens with zero attached hydrogens (tertiary/aromatic N) is 1. The number of carbonyl (C=O) groups excluding carboxylic acids is 1. The first-order valence-electron chi connectivity index (χ1n) is 4.62. The van der Waals surface area contributed by atoms with E-state index >= 15 is 0 Å². The molecule has 0 saturated heterocycles. The highest BCUT2D eigenvalue weighted by atomic mass is 79.9. The molecular weight excluding hydrogens is 272 g/mol. The van der Waals surface area contributed by atoms with Gasteiger partial charge in [0.1, 0.15) is 11.7 Å². The molecule has 1 atom stereocenters. The van der Waals surface area contributed by atoms with Gasteiger partial charge in [0, 0.05) is 10.5 Å². The van der Waals surface area contributed by atoms with Gasteiger partial charge in [-0.2, -0.15) is 5.26 Å². The van der Waals surface area contributed by atoms with E-state index in [0.717, 1.165) is 4.47 Å². The summed E-state index contributed by atoms with van der Waals surface area (Å²) in [5.41, 5.74) is 0.589. The number of halogens is 1. The van der Waals surface area contributed by atoms with Gasteiger partial charge in [-0.05, 0) is 35.0 Å².